The minimum atomic E-state index is 0.114. The summed E-state index contributed by atoms with van der Waals surface area (Å²) in [5, 5.41) is 3.41. The van der Waals surface area contributed by atoms with E-state index in [4.69, 9.17) is 0 Å². The molecule has 108 valence electrons. The molecule has 0 saturated carbocycles. The van der Waals surface area contributed by atoms with Crippen LogP contribution in [0, 0.1) is 11.8 Å². The Kier molecular flexibility index (Phi) is 3.95. The van der Waals surface area contributed by atoms with Gasteiger partial charge in [0, 0.05) is 25.3 Å². The number of hydrogen-bond donors (Lipinski definition) is 1. The molecule has 1 atom stereocenters. The molecule has 2 heterocycles. The van der Waals surface area contributed by atoms with Gasteiger partial charge in [-0.15, -0.1) is 0 Å². The molecule has 0 aromatic heterocycles. The van der Waals surface area contributed by atoms with Crippen LogP contribution >= 0.6 is 0 Å². The van der Waals surface area contributed by atoms with Crippen molar-refractivity contribution >= 4 is 11.6 Å². The summed E-state index contributed by atoms with van der Waals surface area (Å²) in [5.74, 6) is 1.29. The van der Waals surface area contributed by atoms with E-state index in [1.54, 1.807) is 0 Å². The Morgan fingerprint density at radius 1 is 1.30 bits per heavy atom. The number of hydrogen-bond acceptors (Lipinski definition) is 2. The van der Waals surface area contributed by atoms with Gasteiger partial charge in [0.05, 0.1) is 5.92 Å². The van der Waals surface area contributed by atoms with Gasteiger partial charge in [0.1, 0.15) is 0 Å². The highest BCUT2D eigenvalue weighted by molar-refractivity contribution is 5.81. The molecule has 0 radical (unpaired) electrons. The minimum absolute atomic E-state index is 0.114. The molecule has 0 spiro atoms. The van der Waals surface area contributed by atoms with Crippen molar-refractivity contribution in [3.05, 3.63) is 29.8 Å². The lowest BCUT2D eigenvalue weighted by atomic mass is 9.90. The Balaban J connectivity index is 1.62. The number of fused-ring (bicyclic) bond motifs is 1. The second kappa shape index (κ2) is 5.86. The van der Waals surface area contributed by atoms with Crippen molar-refractivity contribution in [2.75, 3.05) is 25.0 Å². The summed E-state index contributed by atoms with van der Waals surface area (Å²) < 4.78 is 0. The van der Waals surface area contributed by atoms with Crippen molar-refractivity contribution in [1.29, 1.82) is 0 Å². The van der Waals surface area contributed by atoms with E-state index < -0.39 is 0 Å². The third-order valence-electron chi connectivity index (χ3n) is 4.88. The largest absolute Gasteiger partial charge is 0.384 e. The molecule has 0 bridgehead atoms. The predicted molar refractivity (Wildman–Crippen MR) is 81.7 cm³/mol. The van der Waals surface area contributed by atoms with Gasteiger partial charge in [-0.25, -0.2) is 0 Å². The number of carbonyl (C=O) groups is 1. The van der Waals surface area contributed by atoms with Crippen molar-refractivity contribution in [3.8, 4) is 0 Å². The first-order valence-electron chi connectivity index (χ1n) is 7.88. The van der Waals surface area contributed by atoms with Crippen LogP contribution in [0.1, 0.15) is 31.7 Å². The molecule has 1 N–H and O–H groups in total. The highest BCUT2D eigenvalue weighted by atomic mass is 16.2. The molecule has 3 rings (SSSR count). The maximum atomic E-state index is 12.6. The first-order chi connectivity index (χ1) is 9.78. The number of anilines is 1. The van der Waals surface area contributed by atoms with Gasteiger partial charge in [-0.2, -0.15) is 0 Å². The summed E-state index contributed by atoms with van der Waals surface area (Å²) in [6.07, 6.45) is 4.49. The van der Waals surface area contributed by atoms with Gasteiger partial charge in [0.2, 0.25) is 5.91 Å². The van der Waals surface area contributed by atoms with Crippen LogP contribution in [0.4, 0.5) is 5.69 Å². The maximum absolute atomic E-state index is 12.6. The SMILES string of the molecule is CCC1CCN(C(=O)C2CNc3ccccc3C2)CC1. The maximum Gasteiger partial charge on any atom is 0.227 e. The highest BCUT2D eigenvalue weighted by Crippen LogP contribution is 2.27. The van der Waals surface area contributed by atoms with Crippen LogP contribution in [-0.2, 0) is 11.2 Å². The fourth-order valence-corrected chi connectivity index (χ4v) is 3.44. The predicted octanol–water partition coefficient (Wildman–Crippen LogP) is 2.92. The molecular formula is C17H24N2O. The first-order valence-corrected chi connectivity index (χ1v) is 7.88. The standard InChI is InChI=1S/C17H24N2O/c1-2-13-7-9-19(10-8-13)17(20)15-11-14-5-3-4-6-16(14)18-12-15/h3-6,13,15,18H,2,7-12H2,1H3. The molecule has 2 aliphatic rings. The summed E-state index contributed by atoms with van der Waals surface area (Å²) in [7, 11) is 0. The van der Waals surface area contributed by atoms with E-state index in [1.807, 2.05) is 6.07 Å². The van der Waals surface area contributed by atoms with Gasteiger partial charge in [-0.1, -0.05) is 31.5 Å². The Morgan fingerprint density at radius 3 is 2.80 bits per heavy atom. The number of para-hydroxylation sites is 1. The van der Waals surface area contributed by atoms with E-state index in [9.17, 15) is 4.79 Å². The molecule has 1 unspecified atom stereocenters. The summed E-state index contributed by atoms with van der Waals surface area (Å²) in [6.45, 7) is 4.94. The summed E-state index contributed by atoms with van der Waals surface area (Å²) in [6, 6.07) is 8.33. The van der Waals surface area contributed by atoms with E-state index in [0.717, 1.165) is 32.0 Å². The Bertz CT molecular complexity index is 478. The lowest BCUT2D eigenvalue weighted by Crippen LogP contribution is -2.45. The highest BCUT2D eigenvalue weighted by Gasteiger charge is 2.30. The van der Waals surface area contributed by atoms with Crippen LogP contribution in [-0.4, -0.2) is 30.4 Å². The van der Waals surface area contributed by atoms with Gasteiger partial charge in [0.25, 0.3) is 0 Å². The average molecular weight is 272 g/mol. The number of likely N-dealkylation sites (tertiary alicyclic amines) is 1. The molecule has 3 heteroatoms. The lowest BCUT2D eigenvalue weighted by molar-refractivity contribution is -0.136. The molecule has 2 aliphatic heterocycles. The van der Waals surface area contributed by atoms with Crippen molar-refractivity contribution in [3.63, 3.8) is 0 Å². The third-order valence-corrected chi connectivity index (χ3v) is 4.88. The van der Waals surface area contributed by atoms with E-state index >= 15 is 0 Å². The summed E-state index contributed by atoms with van der Waals surface area (Å²) in [5.41, 5.74) is 2.47. The van der Waals surface area contributed by atoms with Crippen LogP contribution < -0.4 is 5.32 Å². The smallest absolute Gasteiger partial charge is 0.227 e. The number of amides is 1. The van der Waals surface area contributed by atoms with Gasteiger partial charge in [-0.05, 0) is 36.8 Å². The lowest BCUT2D eigenvalue weighted by Gasteiger charge is -2.35. The molecular weight excluding hydrogens is 248 g/mol. The van der Waals surface area contributed by atoms with Gasteiger partial charge < -0.3 is 10.2 Å². The van der Waals surface area contributed by atoms with E-state index in [1.165, 1.54) is 30.5 Å². The van der Waals surface area contributed by atoms with Gasteiger partial charge in [0.15, 0.2) is 0 Å². The van der Waals surface area contributed by atoms with Crippen LogP contribution in [0.15, 0.2) is 24.3 Å². The number of rotatable bonds is 2. The van der Waals surface area contributed by atoms with E-state index in [0.29, 0.717) is 5.91 Å². The van der Waals surface area contributed by atoms with Crippen LogP contribution in [0.3, 0.4) is 0 Å². The average Bonchev–Trinajstić information content (AvgIpc) is 2.54. The summed E-state index contributed by atoms with van der Waals surface area (Å²) in [4.78, 5) is 14.7. The first kappa shape index (κ1) is 13.5. The number of piperidine rings is 1. The second-order valence-corrected chi connectivity index (χ2v) is 6.12. The molecule has 1 saturated heterocycles. The zero-order valence-electron chi connectivity index (χ0n) is 12.3. The van der Waals surface area contributed by atoms with E-state index in [2.05, 4.69) is 35.3 Å². The normalized spacial score (nSPS) is 23.1. The molecule has 0 aliphatic carbocycles. The minimum Gasteiger partial charge on any atom is -0.384 e. The van der Waals surface area contributed by atoms with Crippen molar-refractivity contribution in [1.82, 2.24) is 4.90 Å². The molecule has 20 heavy (non-hydrogen) atoms. The molecule has 1 aromatic carbocycles. The van der Waals surface area contributed by atoms with Crippen molar-refractivity contribution in [2.24, 2.45) is 11.8 Å². The number of carbonyl (C=O) groups excluding carboxylic acids is 1. The van der Waals surface area contributed by atoms with Crippen molar-refractivity contribution in [2.45, 2.75) is 32.6 Å². The van der Waals surface area contributed by atoms with Gasteiger partial charge >= 0.3 is 0 Å². The number of nitrogens with zero attached hydrogens (tertiary/aromatic N) is 1. The zero-order valence-corrected chi connectivity index (χ0v) is 12.3. The Morgan fingerprint density at radius 2 is 2.05 bits per heavy atom. The monoisotopic (exact) mass is 272 g/mol. The van der Waals surface area contributed by atoms with Crippen LogP contribution in [0.25, 0.3) is 0 Å². The number of benzene rings is 1. The van der Waals surface area contributed by atoms with Crippen LogP contribution in [0.2, 0.25) is 0 Å². The third kappa shape index (κ3) is 2.67. The molecule has 1 aromatic rings. The van der Waals surface area contributed by atoms with Crippen molar-refractivity contribution < 1.29 is 4.79 Å². The van der Waals surface area contributed by atoms with E-state index in [-0.39, 0.29) is 5.92 Å². The number of nitrogens with one attached hydrogen (secondary N) is 1. The molecule has 1 amide bonds. The topological polar surface area (TPSA) is 32.3 Å². The quantitative estimate of drug-likeness (QED) is 0.898. The fraction of sp³-hybridized carbons (Fsp3) is 0.588. The van der Waals surface area contributed by atoms with Gasteiger partial charge in [-0.3, -0.25) is 4.79 Å². The second-order valence-electron chi connectivity index (χ2n) is 6.12. The zero-order chi connectivity index (χ0) is 13.9. The molecule has 3 nitrogen and oxygen atoms in total. The fourth-order valence-electron chi connectivity index (χ4n) is 3.44. The van der Waals surface area contributed by atoms with Crippen LogP contribution in [0.5, 0.6) is 0 Å². The Hall–Kier alpha value is -1.51. The summed E-state index contributed by atoms with van der Waals surface area (Å²) >= 11 is 0. The Labute approximate surface area is 121 Å². The molecule has 1 fully saturated rings.